The highest BCUT2D eigenvalue weighted by atomic mass is 35.5. The van der Waals surface area contributed by atoms with Crippen molar-refractivity contribution in [2.24, 2.45) is 4.99 Å². The van der Waals surface area contributed by atoms with Crippen molar-refractivity contribution >= 4 is 39.1 Å². The number of carbonyl (C=O) groups excluding carboxylic acids is 1. The van der Waals surface area contributed by atoms with Crippen LogP contribution in [0, 0.1) is 6.92 Å². The van der Waals surface area contributed by atoms with Gasteiger partial charge in [0, 0.05) is 17.1 Å². The molecule has 0 atom stereocenters. The zero-order chi connectivity index (χ0) is 19.0. The highest BCUT2D eigenvalue weighted by molar-refractivity contribution is 7.16. The molecule has 1 aromatic heterocycles. The van der Waals surface area contributed by atoms with Gasteiger partial charge in [0.05, 0.1) is 10.2 Å². The topological polar surface area (TPSA) is 34.4 Å². The minimum absolute atomic E-state index is 0.198. The highest BCUT2D eigenvalue weighted by Crippen LogP contribution is 2.27. The Morgan fingerprint density at radius 2 is 2.04 bits per heavy atom. The molecule has 27 heavy (non-hydrogen) atoms. The number of allylic oxidation sites excluding steroid dienone is 1. The quantitative estimate of drug-likeness (QED) is 0.540. The number of halogens is 1. The maximum absolute atomic E-state index is 12.9. The van der Waals surface area contributed by atoms with Crippen LogP contribution < -0.4 is 4.80 Å². The average Bonchev–Trinajstić information content (AvgIpc) is 3.02. The van der Waals surface area contributed by atoms with E-state index in [1.807, 2.05) is 41.8 Å². The Labute approximate surface area is 167 Å². The number of aryl methyl sites for hydroxylation is 3. The Morgan fingerprint density at radius 3 is 2.81 bits per heavy atom. The summed E-state index contributed by atoms with van der Waals surface area (Å²) in [5.41, 5.74) is 5.33. The van der Waals surface area contributed by atoms with E-state index in [0.29, 0.717) is 21.9 Å². The first-order valence-corrected chi connectivity index (χ1v) is 10.4. The van der Waals surface area contributed by atoms with Gasteiger partial charge in [-0.15, -0.1) is 6.58 Å². The van der Waals surface area contributed by atoms with Gasteiger partial charge in [-0.25, -0.2) is 0 Å². The van der Waals surface area contributed by atoms with Crippen LogP contribution in [0.5, 0.6) is 0 Å². The van der Waals surface area contributed by atoms with Crippen molar-refractivity contribution in [3.63, 3.8) is 0 Å². The van der Waals surface area contributed by atoms with Crippen LogP contribution in [0.1, 0.15) is 39.9 Å². The van der Waals surface area contributed by atoms with Crippen LogP contribution in [0.3, 0.4) is 0 Å². The Hall–Kier alpha value is -2.17. The van der Waals surface area contributed by atoms with Crippen LogP contribution >= 0.6 is 22.9 Å². The van der Waals surface area contributed by atoms with Gasteiger partial charge in [-0.05, 0) is 73.6 Å². The van der Waals surface area contributed by atoms with Gasteiger partial charge in [0.25, 0.3) is 5.91 Å². The van der Waals surface area contributed by atoms with Crippen LogP contribution in [0.4, 0.5) is 0 Å². The van der Waals surface area contributed by atoms with Crippen molar-refractivity contribution in [3.05, 3.63) is 75.1 Å². The van der Waals surface area contributed by atoms with Crippen LogP contribution in [0.2, 0.25) is 5.02 Å². The number of carbonyl (C=O) groups is 1. The number of aromatic nitrogens is 1. The first-order chi connectivity index (χ1) is 13.1. The standard InChI is InChI=1S/C22H21ClN2OS/c1-3-12-25-20-14(2)18(23)10-11-19(20)27-22(25)24-21(26)17-9-8-15-6-4-5-7-16(15)13-17/h3,8-11,13H,1,4-7,12H2,2H3. The second-order valence-electron chi connectivity index (χ2n) is 6.91. The highest BCUT2D eigenvalue weighted by Gasteiger charge is 2.14. The molecular formula is C22H21ClN2OS. The van der Waals surface area contributed by atoms with Gasteiger partial charge >= 0.3 is 0 Å². The van der Waals surface area contributed by atoms with Gasteiger partial charge in [-0.2, -0.15) is 4.99 Å². The average molecular weight is 397 g/mol. The van der Waals surface area contributed by atoms with Crippen LogP contribution in [-0.4, -0.2) is 10.5 Å². The molecule has 0 saturated carbocycles. The molecule has 3 aromatic rings. The molecule has 0 saturated heterocycles. The lowest BCUT2D eigenvalue weighted by atomic mass is 9.90. The summed E-state index contributed by atoms with van der Waals surface area (Å²) in [6.45, 7) is 6.42. The van der Waals surface area contributed by atoms with Crippen molar-refractivity contribution in [3.8, 4) is 0 Å². The number of rotatable bonds is 3. The number of fused-ring (bicyclic) bond motifs is 2. The fraction of sp³-hybridized carbons (Fsp3) is 0.273. The summed E-state index contributed by atoms with van der Waals surface area (Å²) in [5, 5.41) is 0.714. The summed E-state index contributed by atoms with van der Waals surface area (Å²) < 4.78 is 3.08. The molecular weight excluding hydrogens is 376 g/mol. The first-order valence-electron chi connectivity index (χ1n) is 9.18. The number of thiazole rings is 1. The lowest BCUT2D eigenvalue weighted by Crippen LogP contribution is -2.17. The van der Waals surface area contributed by atoms with E-state index in [1.165, 1.54) is 35.3 Å². The second kappa shape index (κ2) is 7.45. The van der Waals surface area contributed by atoms with E-state index in [-0.39, 0.29) is 5.91 Å². The summed E-state index contributed by atoms with van der Waals surface area (Å²) in [4.78, 5) is 18.0. The van der Waals surface area contributed by atoms with Gasteiger partial charge < -0.3 is 4.57 Å². The molecule has 0 spiro atoms. The molecule has 1 heterocycles. The molecule has 0 aliphatic heterocycles. The van der Waals surface area contributed by atoms with Gasteiger partial charge in [-0.1, -0.05) is 35.1 Å². The summed E-state index contributed by atoms with van der Waals surface area (Å²) in [6.07, 6.45) is 6.40. The number of hydrogen-bond acceptors (Lipinski definition) is 2. The Morgan fingerprint density at radius 1 is 1.26 bits per heavy atom. The second-order valence-corrected chi connectivity index (χ2v) is 8.33. The molecule has 0 bridgehead atoms. The summed E-state index contributed by atoms with van der Waals surface area (Å²) in [7, 11) is 0. The zero-order valence-electron chi connectivity index (χ0n) is 15.3. The van der Waals surface area contributed by atoms with E-state index in [0.717, 1.165) is 28.6 Å². The van der Waals surface area contributed by atoms with Gasteiger partial charge in [0.1, 0.15) is 0 Å². The van der Waals surface area contributed by atoms with E-state index in [9.17, 15) is 4.79 Å². The number of benzene rings is 2. The minimum atomic E-state index is -0.198. The fourth-order valence-corrected chi connectivity index (χ4v) is 4.97. The van der Waals surface area contributed by atoms with Crippen molar-refractivity contribution in [2.75, 3.05) is 0 Å². The summed E-state index contributed by atoms with van der Waals surface area (Å²) in [6, 6.07) is 9.89. The lowest BCUT2D eigenvalue weighted by molar-refractivity contribution is 0.0997. The third-order valence-electron chi connectivity index (χ3n) is 5.13. The number of hydrogen-bond donors (Lipinski definition) is 0. The summed E-state index contributed by atoms with van der Waals surface area (Å²) >= 11 is 7.81. The minimum Gasteiger partial charge on any atom is -0.312 e. The maximum atomic E-state index is 12.9. The molecule has 0 N–H and O–H groups in total. The lowest BCUT2D eigenvalue weighted by Gasteiger charge is -2.15. The van der Waals surface area contributed by atoms with Crippen LogP contribution in [0.15, 0.2) is 48.0 Å². The molecule has 0 radical (unpaired) electrons. The molecule has 1 amide bonds. The fourth-order valence-electron chi connectivity index (χ4n) is 3.72. The monoisotopic (exact) mass is 396 g/mol. The van der Waals surface area contributed by atoms with Crippen LogP contribution in [-0.2, 0) is 19.4 Å². The molecule has 4 rings (SSSR count). The molecule has 0 unspecified atom stereocenters. The SMILES string of the molecule is C=CCn1c(=NC(=O)c2ccc3c(c2)CCCC3)sc2ccc(Cl)c(C)c21. The van der Waals surface area contributed by atoms with Crippen molar-refractivity contribution in [1.29, 1.82) is 0 Å². The smallest absolute Gasteiger partial charge is 0.279 e. The van der Waals surface area contributed by atoms with E-state index in [4.69, 9.17) is 11.6 Å². The Kier molecular flexibility index (Phi) is 5.02. The molecule has 1 aliphatic carbocycles. The van der Waals surface area contributed by atoms with Gasteiger partial charge in [-0.3, -0.25) is 4.79 Å². The molecule has 5 heteroatoms. The molecule has 3 nitrogen and oxygen atoms in total. The molecule has 138 valence electrons. The molecule has 1 aliphatic rings. The third kappa shape index (κ3) is 3.40. The Bertz CT molecular complexity index is 1120. The van der Waals surface area contributed by atoms with Crippen molar-refractivity contribution in [2.45, 2.75) is 39.2 Å². The predicted octanol–water partition coefficient (Wildman–Crippen LogP) is 5.47. The van der Waals surface area contributed by atoms with Gasteiger partial charge in [0.2, 0.25) is 0 Å². The normalized spacial score (nSPS) is 14.4. The van der Waals surface area contributed by atoms with E-state index in [2.05, 4.69) is 17.6 Å². The summed E-state index contributed by atoms with van der Waals surface area (Å²) in [5.74, 6) is -0.198. The van der Waals surface area contributed by atoms with Crippen LogP contribution in [0.25, 0.3) is 10.2 Å². The van der Waals surface area contributed by atoms with E-state index >= 15 is 0 Å². The van der Waals surface area contributed by atoms with Crippen molar-refractivity contribution in [1.82, 2.24) is 4.57 Å². The van der Waals surface area contributed by atoms with Gasteiger partial charge in [0.15, 0.2) is 4.80 Å². The van der Waals surface area contributed by atoms with Crippen molar-refractivity contribution < 1.29 is 4.79 Å². The molecule has 2 aromatic carbocycles. The third-order valence-corrected chi connectivity index (χ3v) is 6.59. The zero-order valence-corrected chi connectivity index (χ0v) is 16.9. The predicted molar refractivity (Wildman–Crippen MR) is 113 cm³/mol. The number of nitrogens with zero attached hydrogens (tertiary/aromatic N) is 2. The maximum Gasteiger partial charge on any atom is 0.279 e. The Balaban J connectivity index is 1.82. The van der Waals surface area contributed by atoms with E-state index in [1.54, 1.807) is 0 Å². The van der Waals surface area contributed by atoms with E-state index < -0.39 is 0 Å². The number of amides is 1. The largest absolute Gasteiger partial charge is 0.312 e. The molecule has 0 fully saturated rings. The first kappa shape index (κ1) is 18.2.